The molecule has 0 aliphatic carbocycles. The molecule has 1 saturated heterocycles. The van der Waals surface area contributed by atoms with Gasteiger partial charge in [-0.15, -0.1) is 12.4 Å². The van der Waals surface area contributed by atoms with Crippen LogP contribution in [0, 0.1) is 0 Å². The molecule has 0 aromatic heterocycles. The summed E-state index contributed by atoms with van der Waals surface area (Å²) in [5, 5.41) is 6.58. The highest BCUT2D eigenvalue weighted by atomic mass is 35.5. The fourth-order valence-electron chi connectivity index (χ4n) is 2.83. The lowest BCUT2D eigenvalue weighted by molar-refractivity contribution is 0.0934. The molecule has 0 saturated carbocycles. The zero-order valence-corrected chi connectivity index (χ0v) is 13.1. The van der Waals surface area contributed by atoms with Crippen LogP contribution >= 0.6 is 24.2 Å². The van der Waals surface area contributed by atoms with E-state index in [9.17, 15) is 4.79 Å². The predicted octanol–water partition coefficient (Wildman–Crippen LogP) is 3.09. The monoisotopic (exact) mass is 312 g/mol. The maximum absolute atomic E-state index is 12.4. The number of carbonyl (C=O) groups excluding carboxylic acids is 1. The first-order valence-corrected chi connectivity index (χ1v) is 8.24. The Morgan fingerprint density at radius 1 is 1.30 bits per heavy atom. The molecule has 0 bridgehead atoms. The van der Waals surface area contributed by atoms with Crippen molar-refractivity contribution in [2.45, 2.75) is 31.7 Å². The van der Waals surface area contributed by atoms with Crippen LogP contribution in [0.3, 0.4) is 0 Å². The summed E-state index contributed by atoms with van der Waals surface area (Å²) in [6, 6.07) is 6.37. The zero-order valence-electron chi connectivity index (χ0n) is 11.5. The Kier molecular flexibility index (Phi) is 5.61. The van der Waals surface area contributed by atoms with Crippen molar-refractivity contribution in [3.63, 3.8) is 0 Å². The minimum atomic E-state index is 0. The second kappa shape index (κ2) is 7.23. The van der Waals surface area contributed by atoms with E-state index in [2.05, 4.69) is 16.7 Å². The number of hydrogen-bond donors (Lipinski definition) is 2. The smallest absolute Gasteiger partial charge is 0.251 e. The number of benzene rings is 1. The summed E-state index contributed by atoms with van der Waals surface area (Å²) >= 11 is 1.98. The van der Waals surface area contributed by atoms with Crippen molar-refractivity contribution in [3.05, 3.63) is 29.3 Å². The van der Waals surface area contributed by atoms with E-state index in [1.807, 2.05) is 23.9 Å². The Morgan fingerprint density at radius 3 is 2.90 bits per heavy atom. The molecule has 3 rings (SSSR count). The fraction of sp³-hybridized carbons (Fsp3) is 0.533. The number of hydrogen-bond acceptors (Lipinski definition) is 3. The quantitative estimate of drug-likeness (QED) is 0.881. The molecule has 1 aromatic carbocycles. The second-order valence-corrected chi connectivity index (χ2v) is 6.45. The van der Waals surface area contributed by atoms with Crippen LogP contribution in [0.1, 0.15) is 35.2 Å². The van der Waals surface area contributed by atoms with Crippen molar-refractivity contribution < 1.29 is 4.79 Å². The molecule has 2 heterocycles. The molecule has 1 amide bonds. The predicted molar refractivity (Wildman–Crippen MR) is 88.3 cm³/mol. The molecular weight excluding hydrogens is 292 g/mol. The van der Waals surface area contributed by atoms with Gasteiger partial charge >= 0.3 is 0 Å². The molecule has 3 nitrogen and oxygen atoms in total. The Bertz CT molecular complexity index is 475. The van der Waals surface area contributed by atoms with Crippen molar-refractivity contribution in [1.82, 2.24) is 5.32 Å². The van der Waals surface area contributed by atoms with Crippen LogP contribution in [0.2, 0.25) is 0 Å². The van der Waals surface area contributed by atoms with Crippen LogP contribution in [0.5, 0.6) is 0 Å². The van der Waals surface area contributed by atoms with Gasteiger partial charge in [0.1, 0.15) is 0 Å². The summed E-state index contributed by atoms with van der Waals surface area (Å²) in [7, 11) is 0. The third kappa shape index (κ3) is 3.41. The lowest BCUT2D eigenvalue weighted by atomic mass is 9.97. The number of thioether (sulfide) groups is 1. The number of rotatable bonds is 2. The van der Waals surface area contributed by atoms with Crippen molar-refractivity contribution >= 4 is 35.8 Å². The van der Waals surface area contributed by atoms with Gasteiger partial charge in [0, 0.05) is 23.8 Å². The highest BCUT2D eigenvalue weighted by Crippen LogP contribution is 2.25. The van der Waals surface area contributed by atoms with Crippen molar-refractivity contribution in [3.8, 4) is 0 Å². The normalized spacial score (nSPS) is 18.4. The minimum absolute atomic E-state index is 0. The van der Waals surface area contributed by atoms with Gasteiger partial charge in [0.05, 0.1) is 0 Å². The largest absolute Gasteiger partial charge is 0.385 e. The first-order valence-electron chi connectivity index (χ1n) is 7.09. The van der Waals surface area contributed by atoms with Gasteiger partial charge in [-0.25, -0.2) is 0 Å². The van der Waals surface area contributed by atoms with Gasteiger partial charge in [0.2, 0.25) is 0 Å². The van der Waals surface area contributed by atoms with E-state index in [1.165, 1.54) is 17.1 Å². The number of anilines is 1. The number of nitrogens with one attached hydrogen (secondary N) is 2. The lowest BCUT2D eigenvalue weighted by Gasteiger charge is -2.25. The van der Waals surface area contributed by atoms with E-state index < -0.39 is 0 Å². The summed E-state index contributed by atoms with van der Waals surface area (Å²) in [6.45, 7) is 1.01. The lowest BCUT2D eigenvalue weighted by Crippen LogP contribution is -2.38. The van der Waals surface area contributed by atoms with Crippen molar-refractivity contribution in [2.75, 3.05) is 23.4 Å². The van der Waals surface area contributed by atoms with Crippen LogP contribution in [-0.2, 0) is 6.42 Å². The molecule has 0 spiro atoms. The van der Waals surface area contributed by atoms with Crippen LogP contribution < -0.4 is 10.6 Å². The van der Waals surface area contributed by atoms with Crippen molar-refractivity contribution in [1.29, 1.82) is 0 Å². The molecule has 0 atom stereocenters. The fourth-order valence-corrected chi connectivity index (χ4v) is 3.93. The van der Waals surface area contributed by atoms with Gasteiger partial charge in [0.25, 0.3) is 5.91 Å². The summed E-state index contributed by atoms with van der Waals surface area (Å²) in [4.78, 5) is 12.4. The Morgan fingerprint density at radius 2 is 2.10 bits per heavy atom. The Balaban J connectivity index is 0.00000147. The summed E-state index contributed by atoms with van der Waals surface area (Å²) in [5.41, 5.74) is 3.19. The van der Waals surface area contributed by atoms with Gasteiger partial charge in [-0.2, -0.15) is 11.8 Å². The van der Waals surface area contributed by atoms with Crippen LogP contribution in [0.15, 0.2) is 18.2 Å². The van der Waals surface area contributed by atoms with Crippen LogP contribution in [0.4, 0.5) is 5.69 Å². The molecule has 0 unspecified atom stereocenters. The number of fused-ring (bicyclic) bond motifs is 1. The molecule has 2 aliphatic heterocycles. The zero-order chi connectivity index (χ0) is 13.1. The third-order valence-electron chi connectivity index (χ3n) is 3.90. The van der Waals surface area contributed by atoms with E-state index in [1.54, 1.807) is 0 Å². The summed E-state index contributed by atoms with van der Waals surface area (Å²) in [6.07, 6.45) is 4.32. The van der Waals surface area contributed by atoms with Gasteiger partial charge < -0.3 is 10.6 Å². The molecular formula is C15H21ClN2OS. The molecule has 5 heteroatoms. The summed E-state index contributed by atoms with van der Waals surface area (Å²) in [5.74, 6) is 2.44. The molecule has 110 valence electrons. The van der Waals surface area contributed by atoms with Crippen LogP contribution in [0.25, 0.3) is 0 Å². The number of carbonyl (C=O) groups is 1. The maximum atomic E-state index is 12.4. The van der Waals surface area contributed by atoms with E-state index in [4.69, 9.17) is 0 Å². The highest BCUT2D eigenvalue weighted by molar-refractivity contribution is 7.99. The Labute approximate surface area is 130 Å². The van der Waals surface area contributed by atoms with E-state index in [0.717, 1.165) is 43.5 Å². The second-order valence-electron chi connectivity index (χ2n) is 5.22. The van der Waals surface area contributed by atoms with Crippen LogP contribution in [-0.4, -0.2) is 30.0 Å². The average Bonchev–Trinajstić information content (AvgIpc) is 2.47. The minimum Gasteiger partial charge on any atom is -0.385 e. The molecule has 20 heavy (non-hydrogen) atoms. The number of amides is 1. The van der Waals surface area contributed by atoms with Gasteiger partial charge in [-0.1, -0.05) is 6.07 Å². The first kappa shape index (κ1) is 15.5. The summed E-state index contributed by atoms with van der Waals surface area (Å²) < 4.78 is 0. The van der Waals surface area contributed by atoms with E-state index in [0.29, 0.717) is 6.04 Å². The first-order chi connectivity index (χ1) is 9.34. The maximum Gasteiger partial charge on any atom is 0.251 e. The third-order valence-corrected chi connectivity index (χ3v) is 4.94. The van der Waals surface area contributed by atoms with E-state index in [-0.39, 0.29) is 18.3 Å². The molecule has 1 fully saturated rings. The van der Waals surface area contributed by atoms with Gasteiger partial charge in [-0.05, 0) is 54.9 Å². The van der Waals surface area contributed by atoms with Gasteiger partial charge in [0.15, 0.2) is 0 Å². The molecule has 0 radical (unpaired) electrons. The number of halogens is 1. The SMILES string of the molecule is Cl.O=C(NC1CCSCC1)c1cccc2c1CCCN2. The highest BCUT2D eigenvalue weighted by Gasteiger charge is 2.21. The van der Waals surface area contributed by atoms with Crippen molar-refractivity contribution in [2.24, 2.45) is 0 Å². The molecule has 2 N–H and O–H groups in total. The average molecular weight is 313 g/mol. The van der Waals surface area contributed by atoms with E-state index >= 15 is 0 Å². The van der Waals surface area contributed by atoms with Gasteiger partial charge in [-0.3, -0.25) is 4.79 Å². The topological polar surface area (TPSA) is 41.1 Å². The standard InChI is InChI=1S/C15H20N2OS.ClH/c18-15(17-11-6-9-19-10-7-11)13-3-1-5-14-12(13)4-2-8-16-14;/h1,3,5,11,16H,2,4,6-10H2,(H,17,18);1H. The Hall–Kier alpha value is -0.870. The molecule has 1 aromatic rings. The molecule has 2 aliphatic rings.